The fourth-order valence-electron chi connectivity index (χ4n) is 9.69. The van der Waals surface area contributed by atoms with Crippen LogP contribution in [0.2, 0.25) is 0 Å². The Labute approximate surface area is 431 Å². The van der Waals surface area contributed by atoms with Crippen LogP contribution in [-0.2, 0) is 14.3 Å². The molecule has 0 spiro atoms. The smallest absolute Gasteiger partial charge is 0.305 e. The molecule has 0 saturated heterocycles. The molecule has 1 amide bonds. The van der Waals surface area contributed by atoms with E-state index in [2.05, 4.69) is 31.3 Å². The van der Waals surface area contributed by atoms with E-state index in [0.717, 1.165) is 44.9 Å². The minimum Gasteiger partial charge on any atom is -0.466 e. The van der Waals surface area contributed by atoms with E-state index in [1.54, 1.807) is 6.08 Å². The van der Waals surface area contributed by atoms with Crippen molar-refractivity contribution in [2.24, 2.45) is 0 Å². The summed E-state index contributed by atoms with van der Waals surface area (Å²) < 4.78 is 5.46. The highest BCUT2D eigenvalue weighted by molar-refractivity contribution is 5.76. The van der Waals surface area contributed by atoms with Crippen molar-refractivity contribution in [3.8, 4) is 0 Å². The number of aliphatic hydroxyl groups excluding tert-OH is 2. The van der Waals surface area contributed by atoms with Gasteiger partial charge in [0, 0.05) is 12.8 Å². The zero-order valence-electron chi connectivity index (χ0n) is 46.6. The van der Waals surface area contributed by atoms with Crippen LogP contribution in [0.25, 0.3) is 0 Å². The van der Waals surface area contributed by atoms with Crippen LogP contribution in [0, 0.1) is 0 Å². The number of allylic oxidation sites excluding steroid dienone is 3. The van der Waals surface area contributed by atoms with Crippen molar-refractivity contribution in [1.82, 2.24) is 5.32 Å². The summed E-state index contributed by atoms with van der Waals surface area (Å²) in [5, 5.41) is 23.2. The minimum absolute atomic E-state index is 0.00507. The van der Waals surface area contributed by atoms with Gasteiger partial charge in [-0.1, -0.05) is 295 Å². The number of esters is 1. The first kappa shape index (κ1) is 67.3. The lowest BCUT2D eigenvalue weighted by atomic mass is 10.0. The Hall–Kier alpha value is -1.66. The normalized spacial score (nSPS) is 12.7. The van der Waals surface area contributed by atoms with Crippen LogP contribution in [0.15, 0.2) is 24.3 Å². The summed E-state index contributed by atoms with van der Waals surface area (Å²) in [5.41, 5.74) is 0. The third-order valence-corrected chi connectivity index (χ3v) is 14.5. The molecule has 6 heteroatoms. The fraction of sp³-hybridized carbons (Fsp3) is 0.905. The summed E-state index contributed by atoms with van der Waals surface area (Å²) >= 11 is 0. The number of hydrogen-bond donors (Lipinski definition) is 3. The number of amides is 1. The molecule has 408 valence electrons. The van der Waals surface area contributed by atoms with Gasteiger partial charge in [0.05, 0.1) is 25.4 Å². The van der Waals surface area contributed by atoms with Gasteiger partial charge in [-0.05, 0) is 57.8 Å². The van der Waals surface area contributed by atoms with Gasteiger partial charge >= 0.3 is 5.97 Å². The lowest BCUT2D eigenvalue weighted by molar-refractivity contribution is -0.143. The third-order valence-electron chi connectivity index (χ3n) is 14.5. The average molecular weight is 973 g/mol. The Balaban J connectivity index is 3.45. The zero-order chi connectivity index (χ0) is 50.0. The molecule has 0 aromatic rings. The van der Waals surface area contributed by atoms with Gasteiger partial charge in [-0.15, -0.1) is 0 Å². The van der Waals surface area contributed by atoms with Gasteiger partial charge < -0.3 is 20.3 Å². The maximum Gasteiger partial charge on any atom is 0.305 e. The topological polar surface area (TPSA) is 95.9 Å². The number of carbonyl (C=O) groups is 2. The van der Waals surface area contributed by atoms with Crippen LogP contribution in [0.1, 0.15) is 341 Å². The lowest BCUT2D eigenvalue weighted by Crippen LogP contribution is -2.45. The summed E-state index contributed by atoms with van der Waals surface area (Å²) in [6, 6.07) is -0.633. The van der Waals surface area contributed by atoms with Crippen molar-refractivity contribution in [1.29, 1.82) is 0 Å². The van der Waals surface area contributed by atoms with E-state index in [1.165, 1.54) is 270 Å². The predicted molar refractivity (Wildman–Crippen MR) is 301 cm³/mol. The van der Waals surface area contributed by atoms with E-state index >= 15 is 0 Å². The molecule has 0 aliphatic heterocycles. The van der Waals surface area contributed by atoms with Gasteiger partial charge in [-0.3, -0.25) is 9.59 Å². The van der Waals surface area contributed by atoms with Gasteiger partial charge in [0.2, 0.25) is 5.91 Å². The van der Waals surface area contributed by atoms with Crippen molar-refractivity contribution < 1.29 is 24.5 Å². The molecule has 0 aliphatic rings. The van der Waals surface area contributed by atoms with E-state index in [1.807, 2.05) is 6.08 Å². The third kappa shape index (κ3) is 55.5. The number of aliphatic hydroxyl groups is 2. The Morgan fingerprint density at radius 1 is 0.391 bits per heavy atom. The van der Waals surface area contributed by atoms with Crippen molar-refractivity contribution in [2.45, 2.75) is 353 Å². The number of carbonyl (C=O) groups excluding carboxylic acids is 2. The number of nitrogens with one attached hydrogen (secondary N) is 1. The van der Waals surface area contributed by atoms with E-state index in [0.29, 0.717) is 19.4 Å². The van der Waals surface area contributed by atoms with Crippen molar-refractivity contribution in [2.75, 3.05) is 13.2 Å². The van der Waals surface area contributed by atoms with E-state index < -0.39 is 12.1 Å². The van der Waals surface area contributed by atoms with Crippen LogP contribution in [-0.4, -0.2) is 47.4 Å². The van der Waals surface area contributed by atoms with E-state index in [-0.39, 0.29) is 18.5 Å². The quantitative estimate of drug-likeness (QED) is 0.0321. The van der Waals surface area contributed by atoms with Crippen molar-refractivity contribution >= 4 is 11.9 Å². The summed E-state index contributed by atoms with van der Waals surface area (Å²) in [5.74, 6) is -0.0752. The maximum atomic E-state index is 12.5. The van der Waals surface area contributed by atoms with Gasteiger partial charge in [-0.2, -0.15) is 0 Å². The van der Waals surface area contributed by atoms with Crippen LogP contribution >= 0.6 is 0 Å². The molecular weight excluding hydrogens is 851 g/mol. The van der Waals surface area contributed by atoms with Crippen LogP contribution in [0.4, 0.5) is 0 Å². The highest BCUT2D eigenvalue weighted by Crippen LogP contribution is 2.18. The Kier molecular flexibility index (Phi) is 57.5. The minimum atomic E-state index is -0.849. The molecule has 0 bridgehead atoms. The average Bonchev–Trinajstić information content (AvgIpc) is 3.35. The van der Waals surface area contributed by atoms with Crippen LogP contribution in [0.5, 0.6) is 0 Å². The molecule has 0 radical (unpaired) electrons. The monoisotopic (exact) mass is 972 g/mol. The van der Waals surface area contributed by atoms with Crippen LogP contribution in [0.3, 0.4) is 0 Å². The van der Waals surface area contributed by atoms with Gasteiger partial charge in [0.15, 0.2) is 0 Å². The first-order valence-electron chi connectivity index (χ1n) is 31.1. The van der Waals surface area contributed by atoms with Gasteiger partial charge in [-0.25, -0.2) is 0 Å². The molecule has 0 saturated carbocycles. The van der Waals surface area contributed by atoms with Crippen molar-refractivity contribution in [3.63, 3.8) is 0 Å². The molecule has 2 unspecified atom stereocenters. The predicted octanol–water partition coefficient (Wildman–Crippen LogP) is 19.4. The molecule has 69 heavy (non-hydrogen) atoms. The largest absolute Gasteiger partial charge is 0.466 e. The second-order valence-electron chi connectivity index (χ2n) is 21.4. The Morgan fingerprint density at radius 2 is 0.681 bits per heavy atom. The molecule has 0 aliphatic carbocycles. The standard InChI is InChI=1S/C63H121NO5/c1-3-5-7-9-11-13-15-17-18-19-20-21-22-23-24-26-29-32-35-39-43-47-51-55-61(66)60(59-65)64-62(67)56-52-48-44-40-36-33-30-27-25-28-31-34-38-42-46-50-54-58-69-63(68)57-53-49-45-41-37-16-14-12-10-8-6-4-2/h12,14,51,55,60-61,65-66H,3-11,13,15-50,52-54,56-59H2,1-2H3,(H,64,67)/b14-12-,55-51+. The number of ether oxygens (including phenoxy) is 1. The Morgan fingerprint density at radius 3 is 1.06 bits per heavy atom. The molecule has 2 atom stereocenters. The molecule has 0 aromatic heterocycles. The number of hydrogen-bond acceptors (Lipinski definition) is 5. The maximum absolute atomic E-state index is 12.5. The zero-order valence-corrected chi connectivity index (χ0v) is 46.6. The molecule has 0 aromatic carbocycles. The molecule has 0 fully saturated rings. The number of rotatable bonds is 58. The molecule has 0 heterocycles. The highest BCUT2D eigenvalue weighted by Gasteiger charge is 2.18. The van der Waals surface area contributed by atoms with Gasteiger partial charge in [0.1, 0.15) is 0 Å². The summed E-state index contributed by atoms with van der Waals surface area (Å²) in [6.45, 7) is 4.89. The molecule has 3 N–H and O–H groups in total. The first-order chi connectivity index (χ1) is 34.0. The van der Waals surface area contributed by atoms with E-state index in [9.17, 15) is 19.8 Å². The molecule has 6 nitrogen and oxygen atoms in total. The fourth-order valence-corrected chi connectivity index (χ4v) is 9.69. The van der Waals surface area contributed by atoms with Crippen molar-refractivity contribution in [3.05, 3.63) is 24.3 Å². The first-order valence-corrected chi connectivity index (χ1v) is 31.1. The SMILES string of the molecule is CCCCC/C=C\CCCCCCCC(=O)OCCCCCCCCCCCCCCCCCCCC(=O)NC(CO)C(O)/C=C/CCCCCCCCCCCCCCCCCCCCCCC. The van der Waals surface area contributed by atoms with Gasteiger partial charge in [0.25, 0.3) is 0 Å². The summed E-state index contributed by atoms with van der Waals surface area (Å²) in [7, 11) is 0. The lowest BCUT2D eigenvalue weighted by Gasteiger charge is -2.20. The summed E-state index contributed by atoms with van der Waals surface area (Å²) in [4.78, 5) is 24.5. The van der Waals surface area contributed by atoms with Crippen LogP contribution < -0.4 is 5.32 Å². The second-order valence-corrected chi connectivity index (χ2v) is 21.4. The Bertz CT molecular complexity index is 1080. The number of unbranched alkanes of at least 4 members (excludes halogenated alkanes) is 45. The summed E-state index contributed by atoms with van der Waals surface area (Å²) in [6.07, 6.45) is 72.1. The highest BCUT2D eigenvalue weighted by atomic mass is 16.5. The second kappa shape index (κ2) is 58.9. The molecule has 0 rings (SSSR count). The van der Waals surface area contributed by atoms with E-state index in [4.69, 9.17) is 4.74 Å². The molecular formula is C63H121NO5.